The van der Waals surface area contributed by atoms with Crippen molar-refractivity contribution < 1.29 is 80.2 Å². The molecular weight excluding hydrogens is 1350 g/mol. The summed E-state index contributed by atoms with van der Waals surface area (Å²) in [6.45, 7) is 12.1. The first-order chi connectivity index (χ1) is 50.3. The number of rotatable bonds is 83. The van der Waals surface area contributed by atoms with Crippen molar-refractivity contribution in [2.75, 3.05) is 39.6 Å². The van der Waals surface area contributed by atoms with Crippen molar-refractivity contribution in [3.63, 3.8) is 0 Å². The molecule has 17 nitrogen and oxygen atoms in total. The van der Waals surface area contributed by atoms with Crippen LogP contribution < -0.4 is 0 Å². The molecule has 0 rings (SSSR count). The molecule has 0 saturated carbocycles. The standard InChI is InChI=1S/C85H166O17P2/c1-8-11-12-13-14-15-16-17-18-19-20-28-33-38-47-54-61-68-85(90)102-81(73-96-83(88)67-60-53-46-41-40-44-51-58-65-78(7)10-3)75-100-104(93,94)98-71-79(86)70-97-103(91,92)99-74-80(72-95-82(87)66-59-52-45-37-32-27-23-21-25-30-35-42-49-56-63-76(4)5)101-84(89)69-62-55-48-39-34-29-24-22-26-31-36-43-50-57-64-77(6)9-2/h76-81,86H,8-75H2,1-7H3,(H,91,92)(H,93,94)/t77?,78?,79-,80-,81-/m1/s1. The van der Waals surface area contributed by atoms with Gasteiger partial charge in [0.2, 0.25) is 0 Å². The fourth-order valence-electron chi connectivity index (χ4n) is 13.1. The minimum atomic E-state index is -4.97. The maximum absolute atomic E-state index is 13.1. The molecule has 0 spiro atoms. The van der Waals surface area contributed by atoms with Gasteiger partial charge < -0.3 is 33.8 Å². The smallest absolute Gasteiger partial charge is 0.462 e. The van der Waals surface area contributed by atoms with E-state index in [0.29, 0.717) is 25.7 Å². The summed E-state index contributed by atoms with van der Waals surface area (Å²) >= 11 is 0. The highest BCUT2D eigenvalue weighted by Crippen LogP contribution is 2.45. The van der Waals surface area contributed by atoms with Crippen LogP contribution in [-0.2, 0) is 65.4 Å². The third-order valence-corrected chi connectivity index (χ3v) is 22.5. The first-order valence-corrected chi connectivity index (χ1v) is 46.9. The minimum absolute atomic E-state index is 0.108. The lowest BCUT2D eigenvalue weighted by Crippen LogP contribution is -2.30. The first-order valence-electron chi connectivity index (χ1n) is 43.9. The predicted molar refractivity (Wildman–Crippen MR) is 428 cm³/mol. The fourth-order valence-corrected chi connectivity index (χ4v) is 14.7. The molecule has 104 heavy (non-hydrogen) atoms. The third kappa shape index (κ3) is 75.5. The van der Waals surface area contributed by atoms with Crippen molar-refractivity contribution in [2.24, 2.45) is 17.8 Å². The number of phosphoric ester groups is 2. The molecule has 0 aromatic rings. The van der Waals surface area contributed by atoms with Crippen molar-refractivity contribution >= 4 is 39.5 Å². The zero-order chi connectivity index (χ0) is 76.5. The van der Waals surface area contributed by atoms with Crippen LogP contribution in [0, 0.1) is 17.8 Å². The Morgan fingerprint density at radius 3 is 0.731 bits per heavy atom. The molecule has 0 amide bonds. The van der Waals surface area contributed by atoms with Crippen LogP contribution in [0.25, 0.3) is 0 Å². The Balaban J connectivity index is 5.27. The molecule has 618 valence electrons. The zero-order valence-electron chi connectivity index (χ0n) is 68.5. The Morgan fingerprint density at radius 2 is 0.490 bits per heavy atom. The zero-order valence-corrected chi connectivity index (χ0v) is 70.3. The third-order valence-electron chi connectivity index (χ3n) is 20.6. The molecule has 0 aliphatic rings. The number of aliphatic hydroxyl groups excluding tert-OH is 1. The molecule has 7 atom stereocenters. The van der Waals surface area contributed by atoms with Gasteiger partial charge in [-0.1, -0.05) is 395 Å². The van der Waals surface area contributed by atoms with Crippen LogP contribution >= 0.6 is 15.6 Å². The van der Waals surface area contributed by atoms with E-state index in [4.69, 9.17) is 37.0 Å². The van der Waals surface area contributed by atoms with E-state index in [9.17, 15) is 43.2 Å². The van der Waals surface area contributed by atoms with Gasteiger partial charge in [-0.2, -0.15) is 0 Å². The lowest BCUT2D eigenvalue weighted by atomic mass is 9.99. The number of aliphatic hydroxyl groups is 1. The van der Waals surface area contributed by atoms with Gasteiger partial charge >= 0.3 is 39.5 Å². The van der Waals surface area contributed by atoms with Crippen LogP contribution in [0.3, 0.4) is 0 Å². The summed E-state index contributed by atoms with van der Waals surface area (Å²) in [7, 11) is -9.93. The largest absolute Gasteiger partial charge is 0.472 e. The molecule has 0 aliphatic heterocycles. The Kier molecular flexibility index (Phi) is 73.7. The monoisotopic (exact) mass is 1520 g/mol. The second kappa shape index (κ2) is 75.1. The van der Waals surface area contributed by atoms with Crippen molar-refractivity contribution in [3.05, 3.63) is 0 Å². The van der Waals surface area contributed by atoms with Gasteiger partial charge in [0.05, 0.1) is 26.4 Å². The van der Waals surface area contributed by atoms with Crippen LogP contribution in [0.15, 0.2) is 0 Å². The number of ether oxygens (including phenoxy) is 4. The molecule has 0 heterocycles. The molecule has 0 radical (unpaired) electrons. The van der Waals surface area contributed by atoms with Gasteiger partial charge in [0, 0.05) is 25.7 Å². The Bertz CT molecular complexity index is 2010. The number of phosphoric acid groups is 2. The molecule has 0 fully saturated rings. The van der Waals surface area contributed by atoms with E-state index >= 15 is 0 Å². The topological polar surface area (TPSA) is 237 Å². The number of esters is 4. The van der Waals surface area contributed by atoms with Gasteiger partial charge in [0.15, 0.2) is 12.2 Å². The quantitative estimate of drug-likeness (QED) is 0.0222. The van der Waals surface area contributed by atoms with Crippen molar-refractivity contribution in [1.82, 2.24) is 0 Å². The lowest BCUT2D eigenvalue weighted by Gasteiger charge is -2.21. The fraction of sp³-hybridized carbons (Fsp3) is 0.953. The predicted octanol–water partition coefficient (Wildman–Crippen LogP) is 25.7. The molecule has 3 N–H and O–H groups in total. The molecule has 0 aliphatic carbocycles. The van der Waals surface area contributed by atoms with Crippen LogP contribution in [0.2, 0.25) is 0 Å². The second-order valence-electron chi connectivity index (χ2n) is 31.5. The van der Waals surface area contributed by atoms with Gasteiger partial charge in [-0.3, -0.25) is 37.3 Å². The summed E-state index contributed by atoms with van der Waals surface area (Å²) in [5, 5.41) is 10.7. The summed E-state index contributed by atoms with van der Waals surface area (Å²) in [6, 6.07) is 0. The molecule has 0 saturated heterocycles. The highest BCUT2D eigenvalue weighted by molar-refractivity contribution is 7.47. The number of unbranched alkanes of at least 4 members (excludes halogenated alkanes) is 49. The van der Waals surface area contributed by atoms with E-state index in [1.165, 1.54) is 257 Å². The Hall–Kier alpha value is -1.94. The van der Waals surface area contributed by atoms with E-state index < -0.39 is 97.5 Å². The first kappa shape index (κ1) is 102. The average molecular weight is 1520 g/mol. The molecule has 0 aromatic heterocycles. The van der Waals surface area contributed by atoms with Crippen molar-refractivity contribution in [1.29, 1.82) is 0 Å². The maximum Gasteiger partial charge on any atom is 0.472 e. The van der Waals surface area contributed by atoms with E-state index in [-0.39, 0.29) is 25.7 Å². The van der Waals surface area contributed by atoms with E-state index in [2.05, 4.69) is 48.5 Å². The van der Waals surface area contributed by atoms with Gasteiger partial charge in [-0.15, -0.1) is 0 Å². The molecule has 19 heteroatoms. The molecule has 4 unspecified atom stereocenters. The summed E-state index contributed by atoms with van der Waals surface area (Å²) in [4.78, 5) is 73.2. The Labute approximate surface area is 638 Å². The van der Waals surface area contributed by atoms with Gasteiger partial charge in [-0.25, -0.2) is 9.13 Å². The van der Waals surface area contributed by atoms with Crippen LogP contribution in [0.5, 0.6) is 0 Å². The molecule has 0 aromatic carbocycles. The highest BCUT2D eigenvalue weighted by atomic mass is 31.2. The summed E-state index contributed by atoms with van der Waals surface area (Å²) in [5.74, 6) is 0.318. The van der Waals surface area contributed by atoms with Gasteiger partial charge in [0.25, 0.3) is 0 Å². The van der Waals surface area contributed by atoms with E-state index in [0.717, 1.165) is 108 Å². The number of hydrogen-bond acceptors (Lipinski definition) is 15. The Morgan fingerprint density at radius 1 is 0.279 bits per heavy atom. The lowest BCUT2D eigenvalue weighted by molar-refractivity contribution is -0.161. The van der Waals surface area contributed by atoms with Crippen LogP contribution in [-0.4, -0.2) is 96.7 Å². The maximum atomic E-state index is 13.1. The minimum Gasteiger partial charge on any atom is -0.462 e. The van der Waals surface area contributed by atoms with Crippen molar-refractivity contribution in [3.8, 4) is 0 Å². The molecular formula is C85H166O17P2. The van der Waals surface area contributed by atoms with E-state index in [1.807, 2.05) is 0 Å². The summed E-state index contributed by atoms with van der Waals surface area (Å²) < 4.78 is 68.9. The number of carbonyl (C=O) groups is 4. The normalized spacial score (nSPS) is 14.4. The van der Waals surface area contributed by atoms with Crippen LogP contribution in [0.1, 0.15) is 447 Å². The molecule has 0 bridgehead atoms. The van der Waals surface area contributed by atoms with Crippen LogP contribution in [0.4, 0.5) is 0 Å². The van der Waals surface area contributed by atoms with Gasteiger partial charge in [-0.05, 0) is 43.4 Å². The number of hydrogen-bond donors (Lipinski definition) is 3. The van der Waals surface area contributed by atoms with E-state index in [1.54, 1.807) is 0 Å². The highest BCUT2D eigenvalue weighted by Gasteiger charge is 2.30. The average Bonchev–Trinajstić information content (AvgIpc) is 0.927. The SMILES string of the molecule is CCCCCCCCCCCCCCCCCCCC(=O)O[C@H](COC(=O)CCCCCCCCCCC(C)CC)COP(=O)(O)OC[C@H](O)COP(=O)(O)OC[C@@H](COC(=O)CCCCCCCCCCCCCCCCC(C)C)OC(=O)CCCCCCCCCCCCCCCCC(C)CC. The second-order valence-corrected chi connectivity index (χ2v) is 34.4. The van der Waals surface area contributed by atoms with Crippen molar-refractivity contribution in [2.45, 2.75) is 465 Å². The summed E-state index contributed by atoms with van der Waals surface area (Å²) in [5.41, 5.74) is 0. The summed E-state index contributed by atoms with van der Waals surface area (Å²) in [6.07, 6.45) is 65.0. The van der Waals surface area contributed by atoms with Gasteiger partial charge in [0.1, 0.15) is 19.3 Å². The number of carbonyl (C=O) groups excluding carboxylic acids is 4.